The van der Waals surface area contributed by atoms with Gasteiger partial charge in [-0.05, 0) is 48.0 Å². The lowest BCUT2D eigenvalue weighted by atomic mass is 10.1. The average Bonchev–Trinajstić information content (AvgIpc) is 3.20. The van der Waals surface area contributed by atoms with Crippen LogP contribution >= 0.6 is 11.8 Å². The van der Waals surface area contributed by atoms with E-state index in [4.69, 9.17) is 16.5 Å². The van der Waals surface area contributed by atoms with Gasteiger partial charge < -0.3 is 4.74 Å². The van der Waals surface area contributed by atoms with Crippen molar-refractivity contribution >= 4 is 11.8 Å². The lowest BCUT2D eigenvalue weighted by Gasteiger charge is -2.06. The molecule has 3 heteroatoms. The van der Waals surface area contributed by atoms with Gasteiger partial charge in [0.05, 0.1) is 0 Å². The highest BCUT2D eigenvalue weighted by Gasteiger charge is 2.37. The summed E-state index contributed by atoms with van der Waals surface area (Å²) in [6.45, 7) is 0. The van der Waals surface area contributed by atoms with Gasteiger partial charge in [0.15, 0.2) is 0 Å². The molecule has 0 aromatic heterocycles. The Balaban J connectivity index is 1.68. The van der Waals surface area contributed by atoms with Gasteiger partial charge >= 0.3 is 0 Å². The number of nitrogens with one attached hydrogen (secondary N) is 1. The zero-order valence-corrected chi connectivity index (χ0v) is 10.6. The second kappa shape index (κ2) is 5.01. The van der Waals surface area contributed by atoms with Gasteiger partial charge in [-0.1, -0.05) is 30.3 Å². The molecule has 1 aliphatic rings. The van der Waals surface area contributed by atoms with E-state index >= 15 is 0 Å². The molecule has 0 heterocycles. The highest BCUT2D eigenvalue weighted by molar-refractivity contribution is 6.13. The molecule has 0 radical (unpaired) electrons. The van der Waals surface area contributed by atoms with E-state index in [9.17, 15) is 0 Å². The maximum atomic E-state index is 5.74. The maximum Gasteiger partial charge on any atom is 0.127 e. The molecule has 0 aliphatic heterocycles. The standard InChI is InChI=1S/C15H14ClNO/c16-17-15-10-14(15)11-6-8-13(9-7-11)18-12-4-2-1-3-5-12/h1-9,14-15,17H,10H2. The fraction of sp³-hybridized carbons (Fsp3) is 0.200. The van der Waals surface area contributed by atoms with Crippen LogP contribution in [0.5, 0.6) is 11.5 Å². The Morgan fingerprint density at radius 2 is 1.61 bits per heavy atom. The van der Waals surface area contributed by atoms with Gasteiger partial charge in [0.25, 0.3) is 0 Å². The summed E-state index contributed by atoms with van der Waals surface area (Å²) in [5, 5.41) is 0. The Morgan fingerprint density at radius 3 is 2.22 bits per heavy atom. The molecule has 1 aliphatic carbocycles. The molecule has 2 nitrogen and oxygen atoms in total. The first-order chi connectivity index (χ1) is 8.86. The number of ether oxygens (including phenoxy) is 1. The Morgan fingerprint density at radius 1 is 0.944 bits per heavy atom. The van der Waals surface area contributed by atoms with E-state index < -0.39 is 0 Å². The molecule has 3 rings (SSSR count). The molecule has 2 unspecified atom stereocenters. The van der Waals surface area contributed by atoms with Crippen molar-refractivity contribution in [1.29, 1.82) is 0 Å². The van der Waals surface area contributed by atoms with Crippen LogP contribution in [0.3, 0.4) is 0 Å². The number of benzene rings is 2. The fourth-order valence-electron chi connectivity index (χ4n) is 2.09. The van der Waals surface area contributed by atoms with E-state index in [1.165, 1.54) is 5.56 Å². The van der Waals surface area contributed by atoms with Crippen molar-refractivity contribution in [3.8, 4) is 11.5 Å². The van der Waals surface area contributed by atoms with Gasteiger partial charge in [0, 0.05) is 12.0 Å². The van der Waals surface area contributed by atoms with Crippen LogP contribution in [0.15, 0.2) is 54.6 Å². The maximum absolute atomic E-state index is 5.74. The molecule has 1 saturated carbocycles. The predicted molar refractivity (Wildman–Crippen MR) is 73.1 cm³/mol. The van der Waals surface area contributed by atoms with E-state index in [1.807, 2.05) is 42.5 Å². The Labute approximate surface area is 112 Å². The largest absolute Gasteiger partial charge is 0.457 e. The van der Waals surface area contributed by atoms with Crippen LogP contribution in [-0.2, 0) is 0 Å². The van der Waals surface area contributed by atoms with E-state index in [0.29, 0.717) is 12.0 Å². The number of hydrogen-bond donors (Lipinski definition) is 1. The molecule has 92 valence electrons. The molecule has 0 saturated heterocycles. The van der Waals surface area contributed by atoms with Gasteiger partial charge in [0.2, 0.25) is 0 Å². The zero-order chi connectivity index (χ0) is 12.4. The average molecular weight is 260 g/mol. The lowest BCUT2D eigenvalue weighted by molar-refractivity contribution is 0.482. The smallest absolute Gasteiger partial charge is 0.127 e. The minimum absolute atomic E-state index is 0.424. The molecular weight excluding hydrogens is 246 g/mol. The van der Waals surface area contributed by atoms with Crippen molar-refractivity contribution in [2.45, 2.75) is 18.4 Å². The summed E-state index contributed by atoms with van der Waals surface area (Å²) in [6.07, 6.45) is 1.11. The van der Waals surface area contributed by atoms with E-state index in [-0.39, 0.29) is 0 Å². The van der Waals surface area contributed by atoms with Crippen LogP contribution < -0.4 is 9.57 Å². The molecule has 1 fully saturated rings. The summed E-state index contributed by atoms with van der Waals surface area (Å²) in [7, 11) is 0. The molecule has 2 aromatic rings. The van der Waals surface area contributed by atoms with Crippen molar-refractivity contribution in [2.24, 2.45) is 0 Å². The van der Waals surface area contributed by atoms with Crippen LogP contribution in [0, 0.1) is 0 Å². The molecule has 0 spiro atoms. The van der Waals surface area contributed by atoms with Crippen LogP contribution in [0.25, 0.3) is 0 Å². The topological polar surface area (TPSA) is 21.3 Å². The van der Waals surface area contributed by atoms with Crippen LogP contribution in [0.4, 0.5) is 0 Å². The molecule has 2 aromatic carbocycles. The third kappa shape index (κ3) is 2.50. The summed E-state index contributed by atoms with van der Waals surface area (Å²) < 4.78 is 5.74. The van der Waals surface area contributed by atoms with Gasteiger partial charge in [0.1, 0.15) is 11.5 Å². The fourth-order valence-corrected chi connectivity index (χ4v) is 2.33. The molecule has 0 bridgehead atoms. The minimum atomic E-state index is 0.424. The summed E-state index contributed by atoms with van der Waals surface area (Å²) in [6, 6.07) is 18.4. The first kappa shape index (κ1) is 11.6. The quantitative estimate of drug-likeness (QED) is 0.836. The second-order valence-corrected chi connectivity index (χ2v) is 4.76. The normalized spacial score (nSPS) is 21.6. The number of halogens is 1. The molecule has 0 amide bonds. The first-order valence-corrected chi connectivity index (χ1v) is 6.43. The summed E-state index contributed by atoms with van der Waals surface area (Å²) in [5.41, 5.74) is 1.31. The Bertz CT molecular complexity index is 512. The number of rotatable bonds is 4. The lowest BCUT2D eigenvalue weighted by Crippen LogP contribution is -2.02. The van der Waals surface area contributed by atoms with Crippen LogP contribution in [0.1, 0.15) is 17.9 Å². The zero-order valence-electron chi connectivity index (χ0n) is 9.84. The third-order valence-corrected chi connectivity index (χ3v) is 3.50. The van der Waals surface area contributed by atoms with Crippen molar-refractivity contribution in [2.75, 3.05) is 0 Å². The Kier molecular flexibility index (Phi) is 3.22. The van der Waals surface area contributed by atoms with Gasteiger partial charge in [-0.2, -0.15) is 0 Å². The van der Waals surface area contributed by atoms with Crippen LogP contribution in [-0.4, -0.2) is 6.04 Å². The Hall–Kier alpha value is -1.51. The number of para-hydroxylation sites is 1. The molecule has 1 N–H and O–H groups in total. The van der Waals surface area contributed by atoms with Gasteiger partial charge in [-0.25, -0.2) is 4.84 Å². The third-order valence-electron chi connectivity index (χ3n) is 3.22. The summed E-state index contributed by atoms with van der Waals surface area (Å²) in [5.74, 6) is 2.27. The molecule has 18 heavy (non-hydrogen) atoms. The predicted octanol–water partition coefficient (Wildman–Crippen LogP) is 4.08. The van der Waals surface area contributed by atoms with E-state index in [2.05, 4.69) is 17.0 Å². The van der Waals surface area contributed by atoms with Crippen LogP contribution in [0.2, 0.25) is 0 Å². The van der Waals surface area contributed by atoms with Gasteiger partial charge in [-0.15, -0.1) is 0 Å². The molecular formula is C15H14ClNO. The van der Waals surface area contributed by atoms with Crippen molar-refractivity contribution < 1.29 is 4.74 Å². The summed E-state index contributed by atoms with van der Waals surface area (Å²) >= 11 is 5.61. The molecule has 2 atom stereocenters. The van der Waals surface area contributed by atoms with Crippen molar-refractivity contribution in [1.82, 2.24) is 4.84 Å². The monoisotopic (exact) mass is 259 g/mol. The van der Waals surface area contributed by atoms with E-state index in [0.717, 1.165) is 17.9 Å². The van der Waals surface area contributed by atoms with Crippen molar-refractivity contribution in [3.05, 3.63) is 60.2 Å². The highest BCUT2D eigenvalue weighted by atomic mass is 35.5. The van der Waals surface area contributed by atoms with E-state index in [1.54, 1.807) is 0 Å². The van der Waals surface area contributed by atoms with Gasteiger partial charge in [-0.3, -0.25) is 0 Å². The second-order valence-electron chi connectivity index (χ2n) is 4.54. The van der Waals surface area contributed by atoms with Crippen molar-refractivity contribution in [3.63, 3.8) is 0 Å². The first-order valence-electron chi connectivity index (χ1n) is 6.06. The SMILES string of the molecule is ClNC1CC1c1ccc(Oc2ccccc2)cc1. The minimum Gasteiger partial charge on any atom is -0.457 e. The summed E-state index contributed by atoms with van der Waals surface area (Å²) in [4.78, 5) is 2.78. The highest BCUT2D eigenvalue weighted by Crippen LogP contribution is 2.41. The number of hydrogen-bond acceptors (Lipinski definition) is 2.